The number of imidazole rings is 1. The molecule has 1 aliphatic rings. The van der Waals surface area contributed by atoms with Crippen molar-refractivity contribution in [3.8, 4) is 23.2 Å². The number of aromatic carboxylic acids is 1. The Morgan fingerprint density at radius 2 is 1.86 bits per heavy atom. The number of pyridine rings is 1. The Morgan fingerprint density at radius 1 is 1.07 bits per heavy atom. The number of carbonyl (C=O) groups is 1. The van der Waals surface area contributed by atoms with Gasteiger partial charge in [-0.1, -0.05) is 24.3 Å². The second-order valence-electron chi connectivity index (χ2n) is 10.7. The highest BCUT2D eigenvalue weighted by molar-refractivity contribution is 5.92. The largest absolute Gasteiger partial charge is 0.478 e. The number of halogens is 2. The van der Waals surface area contributed by atoms with E-state index in [9.17, 15) is 14.3 Å². The average Bonchev–Trinajstić information content (AvgIpc) is 3.32. The maximum Gasteiger partial charge on any atom is 0.335 e. The Kier molecular flexibility index (Phi) is 7.34. The minimum atomic E-state index is -1.03. The van der Waals surface area contributed by atoms with Crippen molar-refractivity contribution >= 4 is 17.0 Å². The summed E-state index contributed by atoms with van der Waals surface area (Å²) in [6, 6.07) is 20.7. The summed E-state index contributed by atoms with van der Waals surface area (Å²) in [7, 11) is 0. The van der Waals surface area contributed by atoms with Crippen molar-refractivity contribution in [2.75, 3.05) is 6.61 Å². The lowest BCUT2D eigenvalue weighted by Crippen LogP contribution is -2.44. The van der Waals surface area contributed by atoms with Crippen molar-refractivity contribution in [2.45, 2.75) is 38.5 Å². The maximum atomic E-state index is 15.5. The first-order valence-corrected chi connectivity index (χ1v) is 13.6. The van der Waals surface area contributed by atoms with E-state index in [4.69, 9.17) is 19.7 Å². The van der Waals surface area contributed by atoms with E-state index < -0.39 is 23.2 Å². The SMILES string of the molecule is C[C@@]1(Cn2c(Cc3ccc(-c4cccc(OCc5ccc(C#N)cc5F)n4)cc3F)nc3ccc(C(=O)O)cc32)CCO1. The van der Waals surface area contributed by atoms with Crippen LogP contribution in [0, 0.1) is 23.0 Å². The number of hydrogen-bond acceptors (Lipinski definition) is 6. The molecular formula is C33H26F2N4O4. The molecule has 6 rings (SSSR count). The Balaban J connectivity index is 1.24. The molecule has 3 aromatic carbocycles. The van der Waals surface area contributed by atoms with E-state index in [1.54, 1.807) is 42.5 Å². The molecule has 5 aromatic rings. The molecule has 10 heteroatoms. The molecule has 0 spiro atoms. The van der Waals surface area contributed by atoms with E-state index in [-0.39, 0.29) is 35.6 Å². The van der Waals surface area contributed by atoms with Gasteiger partial charge in [-0.2, -0.15) is 5.26 Å². The minimum absolute atomic E-state index is 0.0830. The highest BCUT2D eigenvalue weighted by Crippen LogP contribution is 2.32. The number of carboxylic acids is 1. The average molecular weight is 581 g/mol. The van der Waals surface area contributed by atoms with Gasteiger partial charge in [-0.25, -0.2) is 23.5 Å². The van der Waals surface area contributed by atoms with Gasteiger partial charge < -0.3 is 19.1 Å². The standard InChI is InChI=1S/C33H26F2N4O4/c1-33(11-12-43-33)19-39-29-15-23(32(40)41)9-10-28(29)37-30(39)16-21-7-8-22(14-26(21)35)27-3-2-4-31(38-27)42-18-24-6-5-20(17-36)13-25(24)34/h2-10,13-15H,11-12,16,18-19H2,1H3,(H,40,41)/t33-/m0/s1. The summed E-state index contributed by atoms with van der Waals surface area (Å²) in [5.74, 6) is -1.18. The first kappa shape index (κ1) is 28.0. The van der Waals surface area contributed by atoms with Crippen LogP contribution >= 0.6 is 0 Å². The predicted molar refractivity (Wildman–Crippen MR) is 154 cm³/mol. The number of hydrogen-bond donors (Lipinski definition) is 1. The van der Waals surface area contributed by atoms with Crippen molar-refractivity contribution in [2.24, 2.45) is 0 Å². The van der Waals surface area contributed by atoms with Crippen LogP contribution in [0.1, 0.15) is 46.2 Å². The fourth-order valence-electron chi connectivity index (χ4n) is 5.09. The lowest BCUT2D eigenvalue weighted by molar-refractivity contribution is -0.142. The zero-order chi connectivity index (χ0) is 30.1. The van der Waals surface area contributed by atoms with Crippen LogP contribution in [0.4, 0.5) is 8.78 Å². The van der Waals surface area contributed by atoms with Gasteiger partial charge in [0.2, 0.25) is 5.88 Å². The molecule has 43 heavy (non-hydrogen) atoms. The highest BCUT2D eigenvalue weighted by atomic mass is 19.1. The summed E-state index contributed by atoms with van der Waals surface area (Å²) < 4.78 is 43.1. The van der Waals surface area contributed by atoms with Crippen LogP contribution in [-0.4, -0.2) is 37.8 Å². The Labute approximate surface area is 245 Å². The number of nitriles is 1. The predicted octanol–water partition coefficient (Wildman–Crippen LogP) is 6.30. The van der Waals surface area contributed by atoms with Crippen molar-refractivity contribution in [3.63, 3.8) is 0 Å². The third kappa shape index (κ3) is 5.80. The molecule has 216 valence electrons. The van der Waals surface area contributed by atoms with Gasteiger partial charge in [0.1, 0.15) is 24.1 Å². The van der Waals surface area contributed by atoms with Gasteiger partial charge in [-0.05, 0) is 55.0 Å². The minimum Gasteiger partial charge on any atom is -0.478 e. The van der Waals surface area contributed by atoms with E-state index in [2.05, 4.69) is 4.98 Å². The lowest BCUT2D eigenvalue weighted by Gasteiger charge is -2.39. The molecule has 2 aromatic heterocycles. The molecule has 1 atom stereocenters. The molecular weight excluding hydrogens is 554 g/mol. The number of aromatic nitrogens is 3. The van der Waals surface area contributed by atoms with Crippen LogP contribution in [0.5, 0.6) is 5.88 Å². The van der Waals surface area contributed by atoms with Gasteiger partial charge in [0.15, 0.2) is 0 Å². The van der Waals surface area contributed by atoms with Crippen LogP contribution in [0.2, 0.25) is 0 Å². The summed E-state index contributed by atoms with van der Waals surface area (Å²) in [4.78, 5) is 20.8. The van der Waals surface area contributed by atoms with Crippen LogP contribution in [0.25, 0.3) is 22.3 Å². The fourth-order valence-corrected chi connectivity index (χ4v) is 5.09. The van der Waals surface area contributed by atoms with Crippen LogP contribution < -0.4 is 4.74 Å². The van der Waals surface area contributed by atoms with Gasteiger partial charge >= 0.3 is 5.97 Å². The Hall–Kier alpha value is -5.14. The molecule has 1 N–H and O–H groups in total. The van der Waals surface area contributed by atoms with Crippen molar-refractivity contribution in [1.82, 2.24) is 14.5 Å². The second-order valence-corrected chi connectivity index (χ2v) is 10.7. The molecule has 0 amide bonds. The number of ether oxygens (including phenoxy) is 2. The maximum absolute atomic E-state index is 15.5. The summed E-state index contributed by atoms with van der Waals surface area (Å²) >= 11 is 0. The summed E-state index contributed by atoms with van der Waals surface area (Å²) in [5, 5.41) is 18.4. The quantitative estimate of drug-likeness (QED) is 0.218. The topological polar surface area (TPSA) is 110 Å². The van der Waals surface area contributed by atoms with Gasteiger partial charge in [0.05, 0.1) is 52.7 Å². The summed E-state index contributed by atoms with van der Waals surface area (Å²) in [6.07, 6.45) is 1.04. The third-order valence-electron chi connectivity index (χ3n) is 7.63. The van der Waals surface area contributed by atoms with E-state index in [0.717, 1.165) is 12.5 Å². The smallest absolute Gasteiger partial charge is 0.335 e. The first-order valence-electron chi connectivity index (χ1n) is 13.6. The molecule has 1 fully saturated rings. The van der Waals surface area contributed by atoms with Crippen molar-refractivity contribution in [1.29, 1.82) is 5.26 Å². The van der Waals surface area contributed by atoms with Crippen molar-refractivity contribution < 1.29 is 28.2 Å². The molecule has 0 aliphatic carbocycles. The fraction of sp³-hybridized carbons (Fsp3) is 0.212. The van der Waals surface area contributed by atoms with E-state index in [1.807, 2.05) is 17.6 Å². The molecule has 3 heterocycles. The normalized spacial score (nSPS) is 16.0. The van der Waals surface area contributed by atoms with Crippen LogP contribution in [-0.2, 0) is 24.3 Å². The number of fused-ring (bicyclic) bond motifs is 1. The molecule has 1 aliphatic heterocycles. The Bertz CT molecular complexity index is 1910. The monoisotopic (exact) mass is 580 g/mol. The number of nitrogens with zero attached hydrogens (tertiary/aromatic N) is 4. The number of benzene rings is 3. The number of rotatable bonds is 9. The summed E-state index contributed by atoms with van der Waals surface area (Å²) in [5.41, 5.74) is 2.96. The van der Waals surface area contributed by atoms with Crippen LogP contribution in [0.15, 0.2) is 72.8 Å². The zero-order valence-corrected chi connectivity index (χ0v) is 23.2. The molecule has 0 radical (unpaired) electrons. The molecule has 0 unspecified atom stereocenters. The van der Waals surface area contributed by atoms with E-state index in [0.29, 0.717) is 46.8 Å². The highest BCUT2D eigenvalue weighted by Gasteiger charge is 2.35. The molecule has 0 bridgehead atoms. The second kappa shape index (κ2) is 11.3. The third-order valence-corrected chi connectivity index (χ3v) is 7.63. The molecule has 1 saturated heterocycles. The van der Waals surface area contributed by atoms with E-state index in [1.165, 1.54) is 24.3 Å². The van der Waals surface area contributed by atoms with Gasteiger partial charge in [-0.3, -0.25) is 0 Å². The van der Waals surface area contributed by atoms with Crippen molar-refractivity contribution in [3.05, 3.63) is 113 Å². The van der Waals surface area contributed by atoms with Gasteiger partial charge in [0, 0.05) is 30.0 Å². The molecule has 8 nitrogen and oxygen atoms in total. The van der Waals surface area contributed by atoms with Crippen LogP contribution in [0.3, 0.4) is 0 Å². The van der Waals surface area contributed by atoms with Gasteiger partial charge in [0.25, 0.3) is 0 Å². The summed E-state index contributed by atoms with van der Waals surface area (Å²) in [6.45, 7) is 3.03. The molecule has 0 saturated carbocycles. The first-order chi connectivity index (χ1) is 20.7. The lowest BCUT2D eigenvalue weighted by atomic mass is 9.97. The Morgan fingerprint density at radius 3 is 2.56 bits per heavy atom. The number of carboxylic acid groups (broad SMARTS) is 1. The van der Waals surface area contributed by atoms with E-state index >= 15 is 4.39 Å². The zero-order valence-electron chi connectivity index (χ0n) is 23.2. The van der Waals surface area contributed by atoms with Gasteiger partial charge in [-0.15, -0.1) is 0 Å².